The summed E-state index contributed by atoms with van der Waals surface area (Å²) in [6.45, 7) is 2.09. The number of nitrogens with two attached hydrogens (primary N) is 1. The third kappa shape index (κ3) is 8.79. The first-order valence-corrected chi connectivity index (χ1v) is 9.65. The average Bonchev–Trinajstić information content (AvgIpc) is 2.72. The van der Waals surface area contributed by atoms with Crippen LogP contribution in [0.2, 0.25) is 0 Å². The zero-order valence-electron chi connectivity index (χ0n) is 16.2. The Bertz CT molecular complexity index is 720. The van der Waals surface area contributed by atoms with E-state index in [0.29, 0.717) is 19.5 Å². The summed E-state index contributed by atoms with van der Waals surface area (Å²) in [6, 6.07) is 18.8. The van der Waals surface area contributed by atoms with Gasteiger partial charge in [-0.2, -0.15) is 0 Å². The highest BCUT2D eigenvalue weighted by Crippen LogP contribution is 2.04. The Morgan fingerprint density at radius 1 is 1.07 bits per heavy atom. The van der Waals surface area contributed by atoms with Crippen LogP contribution in [0.15, 0.2) is 60.7 Å². The average molecular weight is 385 g/mol. The van der Waals surface area contributed by atoms with Crippen molar-refractivity contribution in [3.63, 3.8) is 0 Å². The molecule has 150 valence electrons. The number of hydrogen-bond donors (Lipinski definition) is 3. The number of benzene rings is 2. The van der Waals surface area contributed by atoms with Crippen LogP contribution >= 0.6 is 0 Å². The van der Waals surface area contributed by atoms with Crippen molar-refractivity contribution in [3.05, 3.63) is 71.8 Å². The number of hydrogen-bond acceptors (Lipinski definition) is 5. The first-order chi connectivity index (χ1) is 13.6. The summed E-state index contributed by atoms with van der Waals surface area (Å²) in [7, 11) is 0. The van der Waals surface area contributed by atoms with Crippen molar-refractivity contribution in [3.8, 4) is 0 Å². The van der Waals surface area contributed by atoms with Gasteiger partial charge < -0.3 is 15.8 Å². The smallest absolute Gasteiger partial charge is 0.323 e. The van der Waals surface area contributed by atoms with Gasteiger partial charge in [0.05, 0.1) is 6.54 Å². The van der Waals surface area contributed by atoms with Gasteiger partial charge in [-0.05, 0) is 29.7 Å². The molecule has 0 aromatic heterocycles. The van der Waals surface area contributed by atoms with Gasteiger partial charge in [0.2, 0.25) is 12.8 Å². The lowest BCUT2D eigenvalue weighted by atomic mass is 10.1. The molecule has 1 atom stereocenters. The van der Waals surface area contributed by atoms with Crippen LogP contribution in [0.1, 0.15) is 30.4 Å². The van der Waals surface area contributed by atoms with Gasteiger partial charge in [0.1, 0.15) is 12.6 Å². The molecule has 0 fully saturated rings. The van der Waals surface area contributed by atoms with E-state index in [1.165, 1.54) is 4.74 Å². The number of rotatable bonds is 12. The SMILES string of the molecule is NC(CCCCNCC=[N+](O)Cc1ccccc1)C(=O)OCc1ccccc1. The maximum Gasteiger partial charge on any atom is 0.323 e. The summed E-state index contributed by atoms with van der Waals surface area (Å²) < 4.78 is 6.42. The van der Waals surface area contributed by atoms with Crippen LogP contribution in [-0.2, 0) is 22.7 Å². The van der Waals surface area contributed by atoms with Gasteiger partial charge in [-0.15, -0.1) is 0 Å². The lowest BCUT2D eigenvalue weighted by Crippen LogP contribution is -2.32. The fraction of sp³-hybridized carbons (Fsp3) is 0.364. The van der Waals surface area contributed by atoms with Crippen LogP contribution in [0.5, 0.6) is 0 Å². The Morgan fingerprint density at radius 2 is 1.71 bits per heavy atom. The Morgan fingerprint density at radius 3 is 2.39 bits per heavy atom. The van der Waals surface area contributed by atoms with Crippen LogP contribution in [0.25, 0.3) is 0 Å². The number of unbranched alkanes of at least 4 members (excludes halogenated alkanes) is 1. The molecule has 0 saturated heterocycles. The third-order valence-electron chi connectivity index (χ3n) is 4.28. The highest BCUT2D eigenvalue weighted by molar-refractivity contribution is 5.75. The molecule has 6 nitrogen and oxygen atoms in total. The van der Waals surface area contributed by atoms with Crippen LogP contribution in [-0.4, -0.2) is 41.3 Å². The van der Waals surface area contributed by atoms with E-state index in [0.717, 1.165) is 30.5 Å². The zero-order chi connectivity index (χ0) is 20.0. The first kappa shape index (κ1) is 21.6. The van der Waals surface area contributed by atoms with E-state index < -0.39 is 6.04 Å². The number of esters is 1. The molecule has 2 rings (SSSR count). The molecule has 28 heavy (non-hydrogen) atoms. The molecule has 4 N–H and O–H groups in total. The maximum absolute atomic E-state index is 11.9. The zero-order valence-corrected chi connectivity index (χ0v) is 16.2. The topological polar surface area (TPSA) is 87.6 Å². The van der Waals surface area contributed by atoms with Crippen molar-refractivity contribution in [2.45, 2.75) is 38.5 Å². The second kappa shape index (κ2) is 12.6. The Balaban J connectivity index is 1.51. The molecular weight excluding hydrogens is 354 g/mol. The number of carbonyl (C=O) groups excluding carboxylic acids is 1. The normalized spacial score (nSPS) is 12.5. The van der Waals surface area contributed by atoms with Crippen molar-refractivity contribution >= 4 is 12.2 Å². The highest BCUT2D eigenvalue weighted by atomic mass is 16.5. The molecule has 0 aliphatic rings. The van der Waals surface area contributed by atoms with E-state index in [1.54, 1.807) is 6.21 Å². The number of ether oxygens (including phenoxy) is 1. The van der Waals surface area contributed by atoms with E-state index in [4.69, 9.17) is 10.5 Å². The minimum atomic E-state index is -0.589. The summed E-state index contributed by atoms with van der Waals surface area (Å²) >= 11 is 0. The molecule has 0 saturated carbocycles. The van der Waals surface area contributed by atoms with Gasteiger partial charge in [0, 0.05) is 5.56 Å². The fourth-order valence-corrected chi connectivity index (χ4v) is 2.67. The van der Waals surface area contributed by atoms with E-state index in [1.807, 2.05) is 60.7 Å². The molecule has 2 aromatic rings. The van der Waals surface area contributed by atoms with Gasteiger partial charge in [0.25, 0.3) is 0 Å². The van der Waals surface area contributed by atoms with Crippen molar-refractivity contribution < 1.29 is 19.5 Å². The van der Waals surface area contributed by atoms with Crippen LogP contribution in [0, 0.1) is 0 Å². The van der Waals surface area contributed by atoms with Crippen LogP contribution < -0.4 is 11.1 Å². The minimum absolute atomic E-state index is 0.255. The summed E-state index contributed by atoms with van der Waals surface area (Å²) in [5, 5.41) is 13.1. The second-order valence-corrected chi connectivity index (χ2v) is 6.67. The minimum Gasteiger partial charge on any atom is -0.460 e. The molecular formula is C22H30N3O3+. The first-order valence-electron chi connectivity index (χ1n) is 9.65. The molecule has 0 amide bonds. The fourth-order valence-electron chi connectivity index (χ4n) is 2.67. The van der Waals surface area contributed by atoms with Crippen molar-refractivity contribution in [2.75, 3.05) is 13.1 Å². The third-order valence-corrected chi connectivity index (χ3v) is 4.28. The Labute approximate surface area is 166 Å². The second-order valence-electron chi connectivity index (χ2n) is 6.67. The Hall–Kier alpha value is -2.70. The van der Waals surface area contributed by atoms with E-state index >= 15 is 0 Å². The molecule has 0 aliphatic carbocycles. The van der Waals surface area contributed by atoms with Crippen LogP contribution in [0.4, 0.5) is 0 Å². The number of nitrogens with zero attached hydrogens (tertiary/aromatic N) is 1. The maximum atomic E-state index is 11.9. The van der Waals surface area contributed by atoms with E-state index in [-0.39, 0.29) is 12.6 Å². The van der Waals surface area contributed by atoms with E-state index in [2.05, 4.69) is 5.32 Å². The van der Waals surface area contributed by atoms with Gasteiger partial charge in [0.15, 0.2) is 0 Å². The highest BCUT2D eigenvalue weighted by Gasteiger charge is 2.14. The molecule has 0 radical (unpaired) electrons. The van der Waals surface area contributed by atoms with Crippen molar-refractivity contribution in [2.24, 2.45) is 5.73 Å². The van der Waals surface area contributed by atoms with Gasteiger partial charge in [-0.25, -0.2) is 0 Å². The quantitative estimate of drug-likeness (QED) is 0.131. The predicted octanol–water partition coefficient (Wildman–Crippen LogP) is 2.49. The van der Waals surface area contributed by atoms with Gasteiger partial charge >= 0.3 is 5.97 Å². The van der Waals surface area contributed by atoms with E-state index in [9.17, 15) is 10.0 Å². The molecule has 1 unspecified atom stereocenters. The monoisotopic (exact) mass is 384 g/mol. The summed E-state index contributed by atoms with van der Waals surface area (Å²) in [6.07, 6.45) is 4.04. The van der Waals surface area contributed by atoms with Gasteiger partial charge in [-0.1, -0.05) is 67.1 Å². The summed E-state index contributed by atoms with van der Waals surface area (Å²) in [5.41, 5.74) is 7.90. The lowest BCUT2D eigenvalue weighted by Gasteiger charge is -2.11. The standard InChI is InChI=1S/C22H30N3O3/c23-21(22(26)28-18-20-11-5-2-6-12-20)13-7-8-14-24-15-16-25(27)17-19-9-3-1-4-10-19/h1-6,9-12,16,21,24,27H,7-8,13-15,17-18,23H2/q+1. The van der Waals surface area contributed by atoms with Gasteiger partial charge in [-0.3, -0.25) is 10.0 Å². The molecule has 2 aromatic carbocycles. The molecule has 0 spiro atoms. The largest absolute Gasteiger partial charge is 0.460 e. The number of hydroxylamine groups is 1. The Kier molecular flexibility index (Phi) is 9.75. The van der Waals surface area contributed by atoms with Crippen molar-refractivity contribution in [1.82, 2.24) is 5.32 Å². The molecule has 0 heterocycles. The van der Waals surface area contributed by atoms with Crippen LogP contribution in [0.3, 0.4) is 0 Å². The summed E-state index contributed by atoms with van der Waals surface area (Å²) in [5.74, 6) is -0.359. The summed E-state index contributed by atoms with van der Waals surface area (Å²) in [4.78, 5) is 11.9. The number of nitrogens with one attached hydrogen (secondary N) is 1. The number of carbonyl (C=O) groups is 1. The molecule has 6 heteroatoms. The lowest BCUT2D eigenvalue weighted by molar-refractivity contribution is -0.784. The van der Waals surface area contributed by atoms with Crippen molar-refractivity contribution in [1.29, 1.82) is 0 Å². The molecule has 0 bridgehead atoms. The molecule has 0 aliphatic heterocycles. The predicted molar refractivity (Wildman–Crippen MR) is 109 cm³/mol.